The number of urea groups is 1. The lowest BCUT2D eigenvalue weighted by atomic mass is 9.95. The number of nitrogens with one attached hydrogen (secondary N) is 3. The molecular formula is C19H18ClN3O2. The molecule has 0 fully saturated rings. The van der Waals surface area contributed by atoms with Gasteiger partial charge in [0.05, 0.1) is 11.6 Å². The Hall–Kier alpha value is -2.79. The minimum atomic E-state index is -0.571. The number of hydrogen-bond acceptors (Lipinski definition) is 2. The van der Waals surface area contributed by atoms with Crippen molar-refractivity contribution in [1.82, 2.24) is 10.6 Å². The van der Waals surface area contributed by atoms with Crippen LogP contribution in [0.3, 0.4) is 0 Å². The first-order chi connectivity index (χ1) is 11.9. The summed E-state index contributed by atoms with van der Waals surface area (Å²) >= 11 is 6.06. The van der Waals surface area contributed by atoms with Crippen LogP contribution >= 0.6 is 11.6 Å². The largest absolute Gasteiger partial charge is 0.327 e. The van der Waals surface area contributed by atoms with Gasteiger partial charge in [0.2, 0.25) is 0 Å². The van der Waals surface area contributed by atoms with Gasteiger partial charge in [-0.1, -0.05) is 41.4 Å². The summed E-state index contributed by atoms with van der Waals surface area (Å²) in [4.78, 5) is 24.7. The van der Waals surface area contributed by atoms with E-state index in [0.717, 1.165) is 11.1 Å². The van der Waals surface area contributed by atoms with Crippen molar-refractivity contribution in [2.75, 3.05) is 5.32 Å². The lowest BCUT2D eigenvalue weighted by Gasteiger charge is -2.28. The van der Waals surface area contributed by atoms with Gasteiger partial charge in [-0.3, -0.25) is 4.79 Å². The molecule has 2 aromatic carbocycles. The summed E-state index contributed by atoms with van der Waals surface area (Å²) in [6, 6.07) is 13.7. The first-order valence-electron chi connectivity index (χ1n) is 7.86. The maximum Gasteiger partial charge on any atom is 0.319 e. The molecule has 0 saturated heterocycles. The van der Waals surface area contributed by atoms with Crippen molar-refractivity contribution < 1.29 is 9.59 Å². The Kier molecular flexibility index (Phi) is 4.76. The van der Waals surface area contributed by atoms with E-state index in [-0.39, 0.29) is 11.9 Å². The molecule has 1 aliphatic heterocycles. The second-order valence-electron chi connectivity index (χ2n) is 5.95. The summed E-state index contributed by atoms with van der Waals surface area (Å²) in [5.41, 5.74) is 3.51. The predicted molar refractivity (Wildman–Crippen MR) is 98.4 cm³/mol. The fourth-order valence-corrected chi connectivity index (χ4v) is 2.97. The Bertz CT molecular complexity index is 859. The molecule has 0 radical (unpaired) electrons. The number of amides is 3. The Labute approximate surface area is 151 Å². The minimum Gasteiger partial charge on any atom is -0.327 e. The zero-order chi connectivity index (χ0) is 18.0. The van der Waals surface area contributed by atoms with Crippen molar-refractivity contribution in [1.29, 1.82) is 0 Å². The van der Waals surface area contributed by atoms with Gasteiger partial charge in [-0.25, -0.2) is 4.79 Å². The van der Waals surface area contributed by atoms with Crippen LogP contribution in [0.15, 0.2) is 59.8 Å². The van der Waals surface area contributed by atoms with Crippen LogP contribution < -0.4 is 16.0 Å². The number of benzene rings is 2. The molecule has 0 aliphatic carbocycles. The molecule has 1 atom stereocenters. The molecule has 128 valence electrons. The highest BCUT2D eigenvalue weighted by molar-refractivity contribution is 6.30. The monoisotopic (exact) mass is 355 g/mol. The molecule has 0 spiro atoms. The van der Waals surface area contributed by atoms with E-state index < -0.39 is 6.04 Å². The third-order valence-electron chi connectivity index (χ3n) is 4.01. The van der Waals surface area contributed by atoms with E-state index in [1.165, 1.54) is 0 Å². The van der Waals surface area contributed by atoms with Gasteiger partial charge < -0.3 is 16.0 Å². The van der Waals surface area contributed by atoms with Gasteiger partial charge in [0.1, 0.15) is 0 Å². The summed E-state index contributed by atoms with van der Waals surface area (Å²) < 4.78 is 0. The van der Waals surface area contributed by atoms with Crippen molar-refractivity contribution in [3.05, 3.63) is 76.0 Å². The van der Waals surface area contributed by atoms with E-state index in [1.807, 2.05) is 37.3 Å². The number of allylic oxidation sites excluding steroid dienone is 1. The second-order valence-corrected chi connectivity index (χ2v) is 6.38. The van der Waals surface area contributed by atoms with Gasteiger partial charge in [0, 0.05) is 16.4 Å². The van der Waals surface area contributed by atoms with Gasteiger partial charge >= 0.3 is 6.03 Å². The number of rotatable bonds is 3. The number of carbonyl (C=O) groups excluding carboxylic acids is 2. The molecule has 3 amide bonds. The summed E-state index contributed by atoms with van der Waals surface area (Å²) in [5.74, 6) is -0.279. The van der Waals surface area contributed by atoms with E-state index in [9.17, 15) is 9.59 Å². The fourth-order valence-electron chi connectivity index (χ4n) is 2.77. The zero-order valence-corrected chi connectivity index (χ0v) is 14.6. The van der Waals surface area contributed by atoms with Crippen LogP contribution in [0.25, 0.3) is 0 Å². The molecule has 0 aromatic heterocycles. The topological polar surface area (TPSA) is 70.2 Å². The lowest BCUT2D eigenvalue weighted by molar-refractivity contribution is -0.113. The third kappa shape index (κ3) is 3.83. The number of anilines is 1. The summed E-state index contributed by atoms with van der Waals surface area (Å²) in [5, 5.41) is 8.86. The number of halogens is 1. The Balaban J connectivity index is 1.94. The molecule has 0 bridgehead atoms. The first kappa shape index (κ1) is 17.0. The number of hydrogen-bond donors (Lipinski definition) is 3. The van der Waals surface area contributed by atoms with Gasteiger partial charge in [-0.2, -0.15) is 0 Å². The quantitative estimate of drug-likeness (QED) is 0.781. The molecule has 1 aliphatic rings. The van der Waals surface area contributed by atoms with Gasteiger partial charge in [0.15, 0.2) is 0 Å². The molecule has 3 N–H and O–H groups in total. The second kappa shape index (κ2) is 6.99. The third-order valence-corrected chi connectivity index (χ3v) is 4.24. The standard InChI is InChI=1S/C19H18ClN3O2/c1-11-6-8-15(9-7-11)22-18(24)16-12(2)21-19(25)23-17(16)13-4-3-5-14(20)10-13/h3-10,17H,1-2H3,(H,22,24)(H2,21,23,25)/t17-/m1/s1. The Morgan fingerprint density at radius 2 is 1.84 bits per heavy atom. The Morgan fingerprint density at radius 1 is 1.12 bits per heavy atom. The van der Waals surface area contributed by atoms with Crippen LogP contribution in [-0.2, 0) is 4.79 Å². The van der Waals surface area contributed by atoms with E-state index in [4.69, 9.17) is 11.6 Å². The zero-order valence-electron chi connectivity index (χ0n) is 13.9. The molecule has 3 rings (SSSR count). The minimum absolute atomic E-state index is 0.279. The summed E-state index contributed by atoms with van der Waals surface area (Å²) in [6.07, 6.45) is 0. The highest BCUT2D eigenvalue weighted by Gasteiger charge is 2.31. The lowest BCUT2D eigenvalue weighted by Crippen LogP contribution is -2.45. The summed E-state index contributed by atoms with van der Waals surface area (Å²) in [7, 11) is 0. The van der Waals surface area contributed by atoms with Crippen LogP contribution in [-0.4, -0.2) is 11.9 Å². The highest BCUT2D eigenvalue weighted by atomic mass is 35.5. The maximum atomic E-state index is 12.8. The van der Waals surface area contributed by atoms with Gasteiger partial charge in [-0.05, 0) is 43.7 Å². The van der Waals surface area contributed by atoms with E-state index >= 15 is 0 Å². The fraction of sp³-hybridized carbons (Fsp3) is 0.158. The van der Waals surface area contributed by atoms with E-state index in [1.54, 1.807) is 25.1 Å². The molecular weight excluding hydrogens is 338 g/mol. The molecule has 0 unspecified atom stereocenters. The van der Waals surface area contributed by atoms with Crippen molar-refractivity contribution in [3.63, 3.8) is 0 Å². The molecule has 25 heavy (non-hydrogen) atoms. The molecule has 5 nitrogen and oxygen atoms in total. The SMILES string of the molecule is CC1=C(C(=O)Nc2ccc(C)cc2)[C@@H](c2cccc(Cl)c2)NC(=O)N1. The van der Waals surface area contributed by atoms with Crippen LogP contribution in [0.1, 0.15) is 24.1 Å². The Morgan fingerprint density at radius 3 is 2.52 bits per heavy atom. The average molecular weight is 356 g/mol. The van der Waals surface area contributed by atoms with Gasteiger partial charge in [-0.15, -0.1) is 0 Å². The van der Waals surface area contributed by atoms with Crippen LogP contribution in [0.5, 0.6) is 0 Å². The maximum absolute atomic E-state index is 12.8. The first-order valence-corrected chi connectivity index (χ1v) is 8.23. The number of aryl methyl sites for hydroxylation is 1. The van der Waals surface area contributed by atoms with Crippen LogP contribution in [0.4, 0.5) is 10.5 Å². The van der Waals surface area contributed by atoms with Crippen molar-refractivity contribution >= 4 is 29.2 Å². The van der Waals surface area contributed by atoms with Crippen molar-refractivity contribution in [2.45, 2.75) is 19.9 Å². The molecule has 1 heterocycles. The smallest absolute Gasteiger partial charge is 0.319 e. The average Bonchev–Trinajstić information content (AvgIpc) is 2.56. The molecule has 0 saturated carbocycles. The predicted octanol–water partition coefficient (Wildman–Crippen LogP) is 3.92. The normalized spacial score (nSPS) is 16.9. The molecule has 2 aromatic rings. The number of carbonyl (C=O) groups is 2. The van der Waals surface area contributed by atoms with Crippen molar-refractivity contribution in [2.24, 2.45) is 0 Å². The van der Waals surface area contributed by atoms with Gasteiger partial charge in [0.25, 0.3) is 5.91 Å². The van der Waals surface area contributed by atoms with E-state index in [2.05, 4.69) is 16.0 Å². The molecule has 6 heteroatoms. The van der Waals surface area contributed by atoms with Crippen LogP contribution in [0, 0.1) is 6.92 Å². The van der Waals surface area contributed by atoms with Crippen LogP contribution in [0.2, 0.25) is 5.02 Å². The summed E-state index contributed by atoms with van der Waals surface area (Å²) in [6.45, 7) is 3.69. The highest BCUT2D eigenvalue weighted by Crippen LogP contribution is 2.29. The van der Waals surface area contributed by atoms with Crippen molar-refractivity contribution in [3.8, 4) is 0 Å². The van der Waals surface area contributed by atoms with E-state index in [0.29, 0.717) is 22.0 Å².